The molecule has 0 saturated heterocycles. The van der Waals surface area contributed by atoms with Crippen LogP contribution in [0.3, 0.4) is 0 Å². The molecule has 0 radical (unpaired) electrons. The largest absolute Gasteiger partial charge is 0.372 e. The molecule has 0 fully saturated rings. The number of hydrogen-bond acceptors (Lipinski definition) is 2. The molecule has 0 amide bonds. The normalized spacial score (nSPS) is 14.2. The Kier molecular flexibility index (Phi) is 4.89. The van der Waals surface area contributed by atoms with Gasteiger partial charge < -0.3 is 10.5 Å². The summed E-state index contributed by atoms with van der Waals surface area (Å²) in [5.74, 6) is 2.57. The number of ether oxygens (including phenoxy) is 1. The van der Waals surface area contributed by atoms with Gasteiger partial charge in [0.2, 0.25) is 0 Å². The van der Waals surface area contributed by atoms with Crippen LogP contribution < -0.4 is 5.73 Å². The van der Waals surface area contributed by atoms with Crippen molar-refractivity contribution in [2.45, 2.75) is 25.5 Å². The molecular formula is C13H17NO. The Hall–Kier alpha value is -1.30. The van der Waals surface area contributed by atoms with Crippen molar-refractivity contribution in [2.75, 3.05) is 6.61 Å². The van der Waals surface area contributed by atoms with Gasteiger partial charge in [0.1, 0.15) is 0 Å². The predicted molar refractivity (Wildman–Crippen MR) is 62.2 cm³/mol. The fourth-order valence-corrected chi connectivity index (χ4v) is 1.53. The average molecular weight is 203 g/mol. The average Bonchev–Trinajstić information content (AvgIpc) is 2.27. The Morgan fingerprint density at radius 2 is 2.07 bits per heavy atom. The van der Waals surface area contributed by atoms with Gasteiger partial charge in [-0.3, -0.25) is 0 Å². The number of terminal acetylenes is 1. The zero-order chi connectivity index (χ0) is 11.1. The molecule has 0 aliphatic rings. The van der Waals surface area contributed by atoms with Gasteiger partial charge in [-0.15, -0.1) is 12.3 Å². The Balaban J connectivity index is 2.79. The molecule has 1 aromatic rings. The van der Waals surface area contributed by atoms with Crippen LogP contribution in [0.5, 0.6) is 0 Å². The summed E-state index contributed by atoms with van der Waals surface area (Å²) in [5.41, 5.74) is 7.06. The first kappa shape index (κ1) is 11.8. The number of nitrogens with two attached hydrogens (primary N) is 1. The van der Waals surface area contributed by atoms with E-state index in [0.29, 0.717) is 13.0 Å². The summed E-state index contributed by atoms with van der Waals surface area (Å²) in [6.45, 7) is 2.59. The zero-order valence-corrected chi connectivity index (χ0v) is 9.02. The quantitative estimate of drug-likeness (QED) is 0.744. The van der Waals surface area contributed by atoms with Crippen LogP contribution in [0.1, 0.15) is 25.0 Å². The number of rotatable bonds is 5. The smallest absolute Gasteiger partial charge is 0.0984 e. The minimum absolute atomic E-state index is 0.104. The summed E-state index contributed by atoms with van der Waals surface area (Å²) in [6.07, 6.45) is 5.68. The van der Waals surface area contributed by atoms with Gasteiger partial charge in [0.15, 0.2) is 0 Å². The predicted octanol–water partition coefficient (Wildman–Crippen LogP) is 2.11. The highest BCUT2D eigenvalue weighted by atomic mass is 16.5. The SMILES string of the molecule is C#CCC(N)C(OCC)c1ccccc1. The summed E-state index contributed by atoms with van der Waals surface area (Å²) >= 11 is 0. The Labute approximate surface area is 91.4 Å². The molecule has 1 aromatic carbocycles. The van der Waals surface area contributed by atoms with Gasteiger partial charge in [-0.1, -0.05) is 30.3 Å². The van der Waals surface area contributed by atoms with E-state index in [0.717, 1.165) is 5.56 Å². The van der Waals surface area contributed by atoms with Gasteiger partial charge >= 0.3 is 0 Å². The van der Waals surface area contributed by atoms with Crippen LogP contribution in [0, 0.1) is 12.3 Å². The van der Waals surface area contributed by atoms with Crippen molar-refractivity contribution in [3.8, 4) is 12.3 Å². The fourth-order valence-electron chi connectivity index (χ4n) is 1.53. The van der Waals surface area contributed by atoms with E-state index in [4.69, 9.17) is 16.9 Å². The number of hydrogen-bond donors (Lipinski definition) is 1. The van der Waals surface area contributed by atoms with E-state index in [9.17, 15) is 0 Å². The van der Waals surface area contributed by atoms with E-state index in [1.807, 2.05) is 37.3 Å². The molecule has 0 spiro atoms. The van der Waals surface area contributed by atoms with Crippen molar-refractivity contribution in [2.24, 2.45) is 5.73 Å². The first-order chi connectivity index (χ1) is 7.29. The molecular weight excluding hydrogens is 186 g/mol. The van der Waals surface area contributed by atoms with Crippen molar-refractivity contribution < 1.29 is 4.74 Å². The van der Waals surface area contributed by atoms with Gasteiger partial charge in [0, 0.05) is 19.1 Å². The molecule has 1 rings (SSSR count). The van der Waals surface area contributed by atoms with Gasteiger partial charge in [-0.05, 0) is 12.5 Å². The molecule has 2 heteroatoms. The molecule has 0 aromatic heterocycles. The molecule has 2 N–H and O–H groups in total. The topological polar surface area (TPSA) is 35.2 Å². The third-order valence-corrected chi connectivity index (χ3v) is 2.22. The molecule has 2 unspecified atom stereocenters. The van der Waals surface area contributed by atoms with Crippen molar-refractivity contribution in [1.29, 1.82) is 0 Å². The summed E-state index contributed by atoms with van der Waals surface area (Å²) in [4.78, 5) is 0. The van der Waals surface area contributed by atoms with E-state index in [-0.39, 0.29) is 12.1 Å². The van der Waals surface area contributed by atoms with Crippen LogP contribution in [0.2, 0.25) is 0 Å². The van der Waals surface area contributed by atoms with E-state index < -0.39 is 0 Å². The van der Waals surface area contributed by atoms with Crippen molar-refractivity contribution in [3.63, 3.8) is 0 Å². The summed E-state index contributed by atoms with van der Waals surface area (Å²) in [6, 6.07) is 9.80. The molecule has 0 aliphatic carbocycles. The second kappa shape index (κ2) is 6.23. The molecule has 0 saturated carbocycles. The Bertz CT molecular complexity index is 315. The van der Waals surface area contributed by atoms with Gasteiger partial charge in [0.05, 0.1) is 6.10 Å². The Morgan fingerprint density at radius 3 is 2.60 bits per heavy atom. The molecule has 80 valence electrons. The summed E-state index contributed by atoms with van der Waals surface area (Å²) in [7, 11) is 0. The van der Waals surface area contributed by atoms with Crippen LogP contribution in [-0.2, 0) is 4.74 Å². The highest BCUT2D eigenvalue weighted by Crippen LogP contribution is 2.21. The van der Waals surface area contributed by atoms with Gasteiger partial charge in [-0.2, -0.15) is 0 Å². The lowest BCUT2D eigenvalue weighted by atomic mass is 10.0. The van der Waals surface area contributed by atoms with E-state index in [1.165, 1.54) is 0 Å². The second-order valence-corrected chi connectivity index (χ2v) is 3.36. The molecule has 2 atom stereocenters. The standard InChI is InChI=1S/C13H17NO/c1-3-8-12(14)13(15-4-2)11-9-6-5-7-10-11/h1,5-7,9-10,12-13H,4,8,14H2,2H3. The van der Waals surface area contributed by atoms with Gasteiger partial charge in [-0.25, -0.2) is 0 Å². The Morgan fingerprint density at radius 1 is 1.40 bits per heavy atom. The summed E-state index contributed by atoms with van der Waals surface area (Å²) in [5, 5.41) is 0. The van der Waals surface area contributed by atoms with Crippen LogP contribution in [0.4, 0.5) is 0 Å². The maximum Gasteiger partial charge on any atom is 0.0984 e. The van der Waals surface area contributed by atoms with E-state index >= 15 is 0 Å². The third-order valence-electron chi connectivity index (χ3n) is 2.22. The van der Waals surface area contributed by atoms with E-state index in [1.54, 1.807) is 0 Å². The zero-order valence-electron chi connectivity index (χ0n) is 9.02. The first-order valence-electron chi connectivity index (χ1n) is 5.15. The van der Waals surface area contributed by atoms with Crippen LogP contribution in [0.25, 0.3) is 0 Å². The maximum absolute atomic E-state index is 5.98. The van der Waals surface area contributed by atoms with Crippen molar-refractivity contribution in [1.82, 2.24) is 0 Å². The molecule has 15 heavy (non-hydrogen) atoms. The van der Waals surface area contributed by atoms with Crippen molar-refractivity contribution >= 4 is 0 Å². The fraction of sp³-hybridized carbons (Fsp3) is 0.385. The molecule has 0 bridgehead atoms. The van der Waals surface area contributed by atoms with Crippen LogP contribution in [0.15, 0.2) is 30.3 Å². The highest BCUT2D eigenvalue weighted by molar-refractivity contribution is 5.19. The lowest BCUT2D eigenvalue weighted by Crippen LogP contribution is -2.29. The minimum atomic E-state index is -0.141. The highest BCUT2D eigenvalue weighted by Gasteiger charge is 2.18. The minimum Gasteiger partial charge on any atom is -0.372 e. The molecule has 2 nitrogen and oxygen atoms in total. The van der Waals surface area contributed by atoms with E-state index in [2.05, 4.69) is 5.92 Å². The van der Waals surface area contributed by atoms with Crippen LogP contribution >= 0.6 is 0 Å². The van der Waals surface area contributed by atoms with Crippen LogP contribution in [-0.4, -0.2) is 12.6 Å². The molecule has 0 heterocycles. The number of benzene rings is 1. The van der Waals surface area contributed by atoms with Gasteiger partial charge in [0.25, 0.3) is 0 Å². The second-order valence-electron chi connectivity index (χ2n) is 3.36. The lowest BCUT2D eigenvalue weighted by Gasteiger charge is -2.22. The van der Waals surface area contributed by atoms with Crippen molar-refractivity contribution in [3.05, 3.63) is 35.9 Å². The maximum atomic E-state index is 5.98. The third kappa shape index (κ3) is 3.39. The summed E-state index contributed by atoms with van der Waals surface area (Å²) < 4.78 is 5.62. The first-order valence-corrected chi connectivity index (χ1v) is 5.15. The monoisotopic (exact) mass is 203 g/mol. The lowest BCUT2D eigenvalue weighted by molar-refractivity contribution is 0.0444. The molecule has 0 aliphatic heterocycles.